The molecule has 0 bridgehead atoms. The average molecular weight is 250 g/mol. The maximum atomic E-state index is 12.8. The quantitative estimate of drug-likeness (QED) is 0.706. The lowest BCUT2D eigenvalue weighted by molar-refractivity contribution is -0.117. The zero-order valence-corrected chi connectivity index (χ0v) is 8.67. The van der Waals surface area contributed by atoms with Gasteiger partial charge in [0.25, 0.3) is 0 Å². The molecule has 1 aromatic carbocycles. The van der Waals surface area contributed by atoms with E-state index in [4.69, 9.17) is 11.5 Å². The molecule has 0 fully saturated rings. The fourth-order valence-electron chi connectivity index (χ4n) is 0.953. The van der Waals surface area contributed by atoms with Crippen LogP contribution >= 0.6 is 0 Å². The van der Waals surface area contributed by atoms with Crippen LogP contribution in [-0.4, -0.2) is 19.7 Å². The molecule has 1 aromatic rings. The highest BCUT2D eigenvalue weighted by Crippen LogP contribution is 2.16. The van der Waals surface area contributed by atoms with E-state index in [1.165, 1.54) is 0 Å². The number of halogens is 2. The molecule has 0 radical (unpaired) electrons. The molecule has 0 aliphatic carbocycles. The van der Waals surface area contributed by atoms with Crippen LogP contribution < -0.4 is 11.5 Å². The van der Waals surface area contributed by atoms with Crippen LogP contribution in [0, 0.1) is 11.6 Å². The van der Waals surface area contributed by atoms with E-state index in [0.717, 1.165) is 6.07 Å². The lowest BCUT2D eigenvalue weighted by atomic mass is 10.3. The van der Waals surface area contributed by atoms with Gasteiger partial charge in [-0.2, -0.15) is 0 Å². The molecule has 1 unspecified atom stereocenters. The van der Waals surface area contributed by atoms with Crippen LogP contribution in [0.4, 0.5) is 8.78 Å². The SMILES string of the molecule is NC(=O)C(N)S(=O)(=O)c1ccc(F)c(F)c1. The van der Waals surface area contributed by atoms with Gasteiger partial charge in [-0.05, 0) is 18.2 Å². The van der Waals surface area contributed by atoms with Gasteiger partial charge in [0, 0.05) is 0 Å². The highest BCUT2D eigenvalue weighted by atomic mass is 32.2. The number of rotatable bonds is 3. The van der Waals surface area contributed by atoms with Crippen molar-refractivity contribution >= 4 is 15.7 Å². The van der Waals surface area contributed by atoms with Crippen molar-refractivity contribution in [1.29, 1.82) is 0 Å². The number of sulfone groups is 1. The summed E-state index contributed by atoms with van der Waals surface area (Å²) in [7, 11) is -4.28. The van der Waals surface area contributed by atoms with Crippen LogP contribution in [0.25, 0.3) is 0 Å². The number of primary amides is 1. The summed E-state index contributed by atoms with van der Waals surface area (Å²) >= 11 is 0. The molecule has 4 N–H and O–H groups in total. The Morgan fingerprint density at radius 2 is 1.81 bits per heavy atom. The monoisotopic (exact) mass is 250 g/mol. The molecule has 0 saturated heterocycles. The van der Waals surface area contributed by atoms with E-state index in [2.05, 4.69) is 0 Å². The molecule has 1 amide bonds. The van der Waals surface area contributed by atoms with Crippen molar-refractivity contribution in [3.8, 4) is 0 Å². The standard InChI is InChI=1S/C8H8F2N2O3S/c9-5-2-1-4(3-6(5)10)16(14,15)8(12)7(11)13/h1-3,8H,12H2,(H2,11,13). The van der Waals surface area contributed by atoms with Crippen molar-refractivity contribution in [2.45, 2.75) is 10.3 Å². The summed E-state index contributed by atoms with van der Waals surface area (Å²) in [6.45, 7) is 0. The van der Waals surface area contributed by atoms with Crippen molar-refractivity contribution < 1.29 is 22.0 Å². The topological polar surface area (TPSA) is 103 Å². The van der Waals surface area contributed by atoms with E-state index in [1.54, 1.807) is 0 Å². The third-order valence-electron chi connectivity index (χ3n) is 1.83. The van der Waals surface area contributed by atoms with Crippen LogP contribution in [-0.2, 0) is 14.6 Å². The van der Waals surface area contributed by atoms with Gasteiger partial charge in [0.15, 0.2) is 17.0 Å². The fraction of sp³-hybridized carbons (Fsp3) is 0.125. The number of amides is 1. The van der Waals surface area contributed by atoms with Crippen LogP contribution in [0.3, 0.4) is 0 Å². The Kier molecular flexibility index (Phi) is 3.24. The predicted octanol–water partition coefficient (Wildman–Crippen LogP) is -0.491. The lowest BCUT2D eigenvalue weighted by Gasteiger charge is -2.09. The van der Waals surface area contributed by atoms with Gasteiger partial charge in [0.2, 0.25) is 15.7 Å². The van der Waals surface area contributed by atoms with Crippen molar-refractivity contribution in [3.63, 3.8) is 0 Å². The van der Waals surface area contributed by atoms with Gasteiger partial charge >= 0.3 is 0 Å². The molecule has 0 spiro atoms. The second kappa shape index (κ2) is 4.14. The molecule has 5 nitrogen and oxygen atoms in total. The van der Waals surface area contributed by atoms with Gasteiger partial charge in [-0.25, -0.2) is 17.2 Å². The largest absolute Gasteiger partial charge is 0.367 e. The number of nitrogens with two attached hydrogens (primary N) is 2. The zero-order chi connectivity index (χ0) is 12.5. The second-order valence-corrected chi connectivity index (χ2v) is 5.01. The Labute approximate surface area is 90.0 Å². The smallest absolute Gasteiger partial charge is 0.250 e. The molecule has 1 atom stereocenters. The Morgan fingerprint density at radius 3 is 2.25 bits per heavy atom. The molecule has 0 aliphatic rings. The third kappa shape index (κ3) is 2.17. The third-order valence-corrected chi connectivity index (χ3v) is 3.65. The highest BCUT2D eigenvalue weighted by molar-refractivity contribution is 7.92. The highest BCUT2D eigenvalue weighted by Gasteiger charge is 2.29. The maximum absolute atomic E-state index is 12.8. The van der Waals surface area contributed by atoms with E-state index in [1.807, 2.05) is 0 Å². The number of hydrogen-bond acceptors (Lipinski definition) is 4. The van der Waals surface area contributed by atoms with Crippen molar-refractivity contribution in [1.82, 2.24) is 0 Å². The Hall–Kier alpha value is -1.54. The first-order valence-electron chi connectivity index (χ1n) is 4.00. The van der Waals surface area contributed by atoms with Gasteiger partial charge in [-0.1, -0.05) is 0 Å². The molecular formula is C8H8F2N2O3S. The van der Waals surface area contributed by atoms with Crippen LogP contribution in [0.15, 0.2) is 23.1 Å². The van der Waals surface area contributed by atoms with Crippen molar-refractivity contribution in [2.75, 3.05) is 0 Å². The van der Waals surface area contributed by atoms with E-state index < -0.39 is 37.6 Å². The normalized spacial score (nSPS) is 13.4. The van der Waals surface area contributed by atoms with Gasteiger partial charge in [0.05, 0.1) is 4.90 Å². The number of benzene rings is 1. The van der Waals surface area contributed by atoms with Gasteiger partial charge in [-0.15, -0.1) is 0 Å². The number of hydrogen-bond donors (Lipinski definition) is 2. The lowest BCUT2D eigenvalue weighted by Crippen LogP contribution is -2.43. The summed E-state index contributed by atoms with van der Waals surface area (Å²) in [5.74, 6) is -3.82. The summed E-state index contributed by atoms with van der Waals surface area (Å²) in [4.78, 5) is 10.0. The van der Waals surface area contributed by atoms with E-state index in [0.29, 0.717) is 12.1 Å². The molecule has 0 heterocycles. The van der Waals surface area contributed by atoms with E-state index in [-0.39, 0.29) is 0 Å². The van der Waals surface area contributed by atoms with Crippen LogP contribution in [0.5, 0.6) is 0 Å². The minimum absolute atomic E-state index is 0.438. The number of carbonyl (C=O) groups excluding carboxylic acids is 1. The minimum Gasteiger partial charge on any atom is -0.367 e. The molecule has 8 heteroatoms. The summed E-state index contributed by atoms with van der Waals surface area (Å²) in [6, 6.07) is 1.86. The van der Waals surface area contributed by atoms with Gasteiger partial charge in [-0.3, -0.25) is 4.79 Å². The molecule has 0 aromatic heterocycles. The average Bonchev–Trinajstić information content (AvgIpc) is 2.20. The van der Waals surface area contributed by atoms with E-state index in [9.17, 15) is 22.0 Å². The van der Waals surface area contributed by atoms with Gasteiger partial charge < -0.3 is 11.5 Å². The first-order chi connectivity index (χ1) is 7.26. The Morgan fingerprint density at radius 1 is 1.25 bits per heavy atom. The summed E-state index contributed by atoms with van der Waals surface area (Å²) in [5, 5.41) is -1.99. The fourth-order valence-corrected chi connectivity index (χ4v) is 2.08. The van der Waals surface area contributed by atoms with E-state index >= 15 is 0 Å². The Balaban J connectivity index is 3.28. The van der Waals surface area contributed by atoms with Crippen LogP contribution in [0.1, 0.15) is 0 Å². The minimum atomic E-state index is -4.28. The maximum Gasteiger partial charge on any atom is 0.250 e. The summed E-state index contributed by atoms with van der Waals surface area (Å²) in [6.07, 6.45) is 0. The molecule has 88 valence electrons. The zero-order valence-electron chi connectivity index (χ0n) is 7.85. The predicted molar refractivity (Wildman–Crippen MR) is 50.7 cm³/mol. The van der Waals surface area contributed by atoms with Crippen LogP contribution in [0.2, 0.25) is 0 Å². The first kappa shape index (κ1) is 12.5. The molecule has 16 heavy (non-hydrogen) atoms. The molecule has 0 aliphatic heterocycles. The first-order valence-corrected chi connectivity index (χ1v) is 5.55. The molecule has 0 saturated carbocycles. The molecule has 1 rings (SSSR count). The summed E-state index contributed by atoms with van der Waals surface area (Å²) < 4.78 is 48.4. The van der Waals surface area contributed by atoms with Gasteiger partial charge in [0.1, 0.15) is 0 Å². The molecular weight excluding hydrogens is 242 g/mol. The second-order valence-electron chi connectivity index (χ2n) is 2.94. The number of carbonyl (C=O) groups is 1. The van der Waals surface area contributed by atoms with Crippen molar-refractivity contribution in [2.24, 2.45) is 11.5 Å². The Bertz CT molecular complexity index is 530. The summed E-state index contributed by atoms with van der Waals surface area (Å²) in [5.41, 5.74) is 9.75. The van der Waals surface area contributed by atoms with Crippen molar-refractivity contribution in [3.05, 3.63) is 29.8 Å².